The first kappa shape index (κ1) is 30.2. The van der Waals surface area contributed by atoms with Crippen LogP contribution in [0.25, 0.3) is 0 Å². The summed E-state index contributed by atoms with van der Waals surface area (Å²) in [6.07, 6.45) is 4.76. The van der Waals surface area contributed by atoms with E-state index in [1.165, 1.54) is 0 Å². The molecule has 1 N–H and O–H groups in total. The van der Waals surface area contributed by atoms with Gasteiger partial charge in [-0.05, 0) is 71.7 Å². The molecule has 40 heavy (non-hydrogen) atoms. The number of amides is 3. The minimum absolute atomic E-state index is 0.0486. The molecule has 4 rings (SSSR count). The maximum absolute atomic E-state index is 14.5. The quantitative estimate of drug-likeness (QED) is 0.407. The predicted octanol–water partition coefficient (Wildman–Crippen LogP) is 3.89. The Kier molecular flexibility index (Phi) is 8.48. The van der Waals surface area contributed by atoms with Gasteiger partial charge >= 0.3 is 0 Å². The molecule has 0 radical (unpaired) electrons. The van der Waals surface area contributed by atoms with Crippen LogP contribution in [0.4, 0.5) is 5.69 Å². The Hall–Kier alpha value is -2.78. The molecule has 9 heteroatoms. The fraction of sp³-hybridized carbons (Fsp3) is 0.581. The Morgan fingerprint density at radius 2 is 1.80 bits per heavy atom. The van der Waals surface area contributed by atoms with Gasteiger partial charge < -0.3 is 24.5 Å². The van der Waals surface area contributed by atoms with Crippen molar-refractivity contribution in [3.05, 3.63) is 49.6 Å². The number of benzene rings is 1. The molecule has 2 bridgehead atoms. The molecule has 3 fully saturated rings. The average molecular weight is 570 g/mol. The second-order valence-electron chi connectivity index (χ2n) is 12.1. The van der Waals surface area contributed by atoms with E-state index in [1.807, 2.05) is 52.0 Å². The molecule has 5 atom stereocenters. The molecule has 1 spiro atoms. The third-order valence-corrected chi connectivity index (χ3v) is 10.5. The maximum atomic E-state index is 14.5. The Balaban J connectivity index is 1.77. The Labute approximate surface area is 242 Å². The number of hydrogen-bond acceptors (Lipinski definition) is 6. The number of anilines is 1. The van der Waals surface area contributed by atoms with Crippen LogP contribution < -0.4 is 9.64 Å². The molecule has 3 aliphatic rings. The van der Waals surface area contributed by atoms with E-state index >= 15 is 0 Å². The van der Waals surface area contributed by atoms with Gasteiger partial charge in [-0.1, -0.05) is 12.2 Å². The predicted molar refractivity (Wildman–Crippen MR) is 159 cm³/mol. The van der Waals surface area contributed by atoms with E-state index < -0.39 is 32.9 Å². The third-order valence-electron chi connectivity index (χ3n) is 8.54. The van der Waals surface area contributed by atoms with Gasteiger partial charge in [-0.25, -0.2) is 0 Å². The zero-order chi connectivity index (χ0) is 29.5. The summed E-state index contributed by atoms with van der Waals surface area (Å²) >= 11 is 1.63. The summed E-state index contributed by atoms with van der Waals surface area (Å²) in [7, 11) is 0. The highest BCUT2D eigenvalue weighted by Gasteiger charge is 2.77. The molecule has 3 amide bonds. The van der Waals surface area contributed by atoms with Crippen LogP contribution in [-0.4, -0.2) is 86.6 Å². The van der Waals surface area contributed by atoms with Gasteiger partial charge in [0.2, 0.25) is 17.7 Å². The number of aliphatic hydroxyl groups excluding tert-OH is 1. The van der Waals surface area contributed by atoms with Gasteiger partial charge in [0.05, 0.1) is 29.8 Å². The largest absolute Gasteiger partial charge is 0.494 e. The number of rotatable bonds is 11. The number of fused-ring (bicyclic) bond motifs is 1. The van der Waals surface area contributed by atoms with Crippen molar-refractivity contribution >= 4 is 35.2 Å². The molecule has 0 aliphatic carbocycles. The van der Waals surface area contributed by atoms with Gasteiger partial charge in [0, 0.05) is 35.6 Å². The van der Waals surface area contributed by atoms with E-state index in [0.29, 0.717) is 31.0 Å². The second kappa shape index (κ2) is 11.2. The topological polar surface area (TPSA) is 90.4 Å². The van der Waals surface area contributed by atoms with Crippen molar-refractivity contribution in [2.45, 2.75) is 68.5 Å². The van der Waals surface area contributed by atoms with Gasteiger partial charge in [0.1, 0.15) is 11.8 Å². The van der Waals surface area contributed by atoms with Crippen molar-refractivity contribution in [1.29, 1.82) is 0 Å². The van der Waals surface area contributed by atoms with Crippen LogP contribution in [-0.2, 0) is 14.4 Å². The lowest BCUT2D eigenvalue weighted by atomic mass is 9.66. The van der Waals surface area contributed by atoms with Crippen molar-refractivity contribution in [3.8, 4) is 5.75 Å². The highest BCUT2D eigenvalue weighted by atomic mass is 32.2. The number of carbonyl (C=O) groups is 3. The zero-order valence-electron chi connectivity index (χ0n) is 24.4. The lowest BCUT2D eigenvalue weighted by Gasteiger charge is -2.42. The summed E-state index contributed by atoms with van der Waals surface area (Å²) in [4.78, 5) is 48.0. The minimum atomic E-state index is -0.765. The molecular formula is C31H43N3O5S. The number of thioether (sulfide) groups is 1. The van der Waals surface area contributed by atoms with Crippen molar-refractivity contribution in [1.82, 2.24) is 9.80 Å². The summed E-state index contributed by atoms with van der Waals surface area (Å²) < 4.78 is 4.33. The van der Waals surface area contributed by atoms with Crippen LogP contribution >= 0.6 is 11.8 Å². The molecule has 0 aromatic heterocycles. The highest BCUT2D eigenvalue weighted by Crippen LogP contribution is 2.71. The zero-order valence-corrected chi connectivity index (χ0v) is 25.2. The van der Waals surface area contributed by atoms with Crippen LogP contribution in [0.2, 0.25) is 0 Å². The van der Waals surface area contributed by atoms with E-state index in [4.69, 9.17) is 4.74 Å². The second-order valence-corrected chi connectivity index (χ2v) is 14.0. The van der Waals surface area contributed by atoms with Gasteiger partial charge in [-0.3, -0.25) is 14.4 Å². The van der Waals surface area contributed by atoms with Crippen LogP contribution in [0.3, 0.4) is 0 Å². The molecule has 8 nitrogen and oxygen atoms in total. The first-order chi connectivity index (χ1) is 18.9. The monoisotopic (exact) mass is 569 g/mol. The van der Waals surface area contributed by atoms with Gasteiger partial charge in [-0.2, -0.15) is 0 Å². The summed E-state index contributed by atoms with van der Waals surface area (Å²) in [6, 6.07) is 6.60. The van der Waals surface area contributed by atoms with E-state index in [2.05, 4.69) is 20.1 Å². The van der Waals surface area contributed by atoms with E-state index in [-0.39, 0.29) is 37.4 Å². The molecule has 0 saturated carbocycles. The van der Waals surface area contributed by atoms with E-state index in [1.54, 1.807) is 38.6 Å². The molecule has 1 aromatic carbocycles. The maximum Gasteiger partial charge on any atom is 0.247 e. The van der Waals surface area contributed by atoms with Gasteiger partial charge in [-0.15, -0.1) is 24.9 Å². The van der Waals surface area contributed by atoms with Crippen molar-refractivity contribution in [2.75, 3.05) is 37.7 Å². The fourth-order valence-electron chi connectivity index (χ4n) is 6.91. The molecule has 3 saturated heterocycles. The van der Waals surface area contributed by atoms with Crippen LogP contribution in [0.5, 0.6) is 5.75 Å². The summed E-state index contributed by atoms with van der Waals surface area (Å²) in [5.41, 5.74) is 0.205. The first-order valence-electron chi connectivity index (χ1n) is 14.1. The number of nitrogens with zero attached hydrogens (tertiary/aromatic N) is 3. The third kappa shape index (κ3) is 4.85. The smallest absolute Gasteiger partial charge is 0.247 e. The molecule has 3 aliphatic heterocycles. The average Bonchev–Trinajstić information content (AvgIpc) is 3.46. The fourth-order valence-corrected chi connectivity index (χ4v) is 9.25. The normalized spacial score (nSPS) is 28.8. The van der Waals surface area contributed by atoms with Crippen molar-refractivity contribution in [2.24, 2.45) is 11.8 Å². The lowest BCUT2D eigenvalue weighted by molar-refractivity contribution is -0.145. The number of β-amino-alcohol motifs (C(OH)–C–C–N with tert-alkyl or cyclic N) is 1. The standard InChI is InChI=1S/C31H43N3O5S/c1-8-17-32(21-11-13-22(14-12-21)39-10-3)26(36)23-24-27(37)33(19-20-35)25(31(24)16-15-30(23,7)40-31)28(38)34(18-9-2)29(4,5)6/h8-9,11-14,23-25,35H,1-2,10,15-20H2,3-7H3/t23-,24+,25?,30+,31?/m1/s1. The minimum Gasteiger partial charge on any atom is -0.494 e. The molecule has 1 aromatic rings. The number of ether oxygens (including phenoxy) is 1. The SMILES string of the molecule is C=CCN(C(=O)[C@H]1[C@H]2C(=O)N(CCO)C(C(=O)N(CC=C)C(C)(C)C)C23CC[C@]1(C)S3)c1ccc(OCC)cc1. The van der Waals surface area contributed by atoms with Crippen LogP contribution in [0.1, 0.15) is 47.5 Å². The summed E-state index contributed by atoms with van der Waals surface area (Å²) in [5.74, 6) is -1.09. The Morgan fingerprint density at radius 3 is 2.35 bits per heavy atom. The first-order valence-corrected chi connectivity index (χ1v) is 14.9. The summed E-state index contributed by atoms with van der Waals surface area (Å²) in [5, 5.41) is 9.93. The van der Waals surface area contributed by atoms with Crippen molar-refractivity contribution < 1.29 is 24.2 Å². The van der Waals surface area contributed by atoms with Crippen molar-refractivity contribution in [3.63, 3.8) is 0 Å². The van der Waals surface area contributed by atoms with E-state index in [9.17, 15) is 19.5 Å². The highest BCUT2D eigenvalue weighted by molar-refractivity contribution is 8.02. The lowest BCUT2D eigenvalue weighted by Crippen LogP contribution is -2.59. The molecule has 2 unspecified atom stereocenters. The number of carbonyl (C=O) groups excluding carboxylic acids is 3. The number of hydrogen-bond donors (Lipinski definition) is 1. The number of aliphatic hydroxyl groups is 1. The Morgan fingerprint density at radius 1 is 1.15 bits per heavy atom. The number of likely N-dealkylation sites (tertiary alicyclic amines) is 1. The molecule has 3 heterocycles. The van der Waals surface area contributed by atoms with E-state index in [0.717, 1.165) is 6.42 Å². The molecular weight excluding hydrogens is 526 g/mol. The Bertz CT molecular complexity index is 1160. The van der Waals surface area contributed by atoms with Crippen LogP contribution in [0.15, 0.2) is 49.6 Å². The summed E-state index contributed by atoms with van der Waals surface area (Å²) in [6.45, 7) is 18.6. The van der Waals surface area contributed by atoms with Gasteiger partial charge in [0.15, 0.2) is 0 Å². The van der Waals surface area contributed by atoms with Crippen LogP contribution in [0, 0.1) is 11.8 Å². The van der Waals surface area contributed by atoms with Gasteiger partial charge in [0.25, 0.3) is 0 Å². The molecule has 218 valence electrons.